The van der Waals surface area contributed by atoms with E-state index in [0.29, 0.717) is 28.3 Å². The van der Waals surface area contributed by atoms with Gasteiger partial charge in [-0.2, -0.15) is 0 Å². The average Bonchev–Trinajstić information content (AvgIpc) is 3.74. The number of nitrogens with one attached hydrogen (secondary N) is 1. The van der Waals surface area contributed by atoms with Crippen LogP contribution >= 0.6 is 0 Å². The zero-order valence-electron chi connectivity index (χ0n) is 24.2. The quantitative estimate of drug-likeness (QED) is 0.267. The van der Waals surface area contributed by atoms with Gasteiger partial charge >= 0.3 is 0 Å². The summed E-state index contributed by atoms with van der Waals surface area (Å²) in [4.78, 5) is 46.3. The lowest BCUT2D eigenvalue weighted by Crippen LogP contribution is -2.49. The first kappa shape index (κ1) is 26.5. The summed E-state index contributed by atoms with van der Waals surface area (Å²) in [6.45, 7) is 2.20. The summed E-state index contributed by atoms with van der Waals surface area (Å²) in [5, 5.41) is 3.10. The van der Waals surface area contributed by atoms with E-state index in [0.717, 1.165) is 35.1 Å². The molecule has 1 fully saturated rings. The van der Waals surface area contributed by atoms with Gasteiger partial charge in [-0.3, -0.25) is 14.4 Å². The van der Waals surface area contributed by atoms with Gasteiger partial charge in [0.15, 0.2) is 23.1 Å². The van der Waals surface area contributed by atoms with Crippen molar-refractivity contribution in [2.45, 2.75) is 37.3 Å². The van der Waals surface area contributed by atoms with Gasteiger partial charge in [0.25, 0.3) is 0 Å². The van der Waals surface area contributed by atoms with Crippen molar-refractivity contribution in [3.63, 3.8) is 0 Å². The van der Waals surface area contributed by atoms with E-state index in [1.54, 1.807) is 18.2 Å². The highest BCUT2D eigenvalue weighted by Crippen LogP contribution is 2.62. The molecule has 0 radical (unpaired) electrons. The van der Waals surface area contributed by atoms with Gasteiger partial charge in [-0.05, 0) is 59.0 Å². The second-order valence-electron chi connectivity index (χ2n) is 11.8. The minimum Gasteiger partial charge on any atom is -0.454 e. The van der Waals surface area contributed by atoms with Crippen LogP contribution < -0.4 is 14.8 Å². The molecule has 0 bridgehead atoms. The lowest BCUT2D eigenvalue weighted by Gasteiger charge is -2.38. The van der Waals surface area contributed by atoms with Crippen LogP contribution in [-0.4, -0.2) is 35.2 Å². The topological polar surface area (TPSA) is 84.9 Å². The van der Waals surface area contributed by atoms with Crippen molar-refractivity contribution in [2.75, 3.05) is 12.1 Å². The molecule has 1 N–H and O–H groups in total. The number of ether oxygens (including phenoxy) is 2. The normalized spacial score (nSPS) is 23.7. The Kier molecular flexibility index (Phi) is 5.98. The molecule has 0 aliphatic carbocycles. The number of aryl methyl sites for hydroxylation is 1. The third kappa shape index (κ3) is 3.65. The SMILES string of the molecule is CCCc1ccc(C(=O)[C@@H]2[C@H](C(=O)c3ccc4c(c3)OCO4)N3C=Cc4ccccc4[C@@H]3[C@]23C(=O)Nc2ccccc23)cc1. The maximum atomic E-state index is 15.0. The van der Waals surface area contributed by atoms with Gasteiger partial charge in [-0.1, -0.05) is 80.1 Å². The van der Waals surface area contributed by atoms with Crippen molar-refractivity contribution in [1.29, 1.82) is 0 Å². The van der Waals surface area contributed by atoms with Crippen molar-refractivity contribution in [1.82, 2.24) is 4.90 Å². The molecular weight excluding hydrogens is 552 g/mol. The van der Waals surface area contributed by atoms with Crippen molar-refractivity contribution >= 4 is 29.2 Å². The highest BCUT2D eigenvalue weighted by Gasteiger charge is 2.70. The maximum Gasteiger partial charge on any atom is 0.238 e. The molecule has 7 nitrogen and oxygen atoms in total. The van der Waals surface area contributed by atoms with Crippen LogP contribution in [0.15, 0.2) is 97.2 Å². The van der Waals surface area contributed by atoms with E-state index < -0.39 is 23.4 Å². The Labute approximate surface area is 255 Å². The van der Waals surface area contributed by atoms with Gasteiger partial charge < -0.3 is 19.7 Å². The van der Waals surface area contributed by atoms with E-state index >= 15 is 0 Å². The Bertz CT molecular complexity index is 1880. The Morgan fingerprint density at radius 2 is 1.64 bits per heavy atom. The fraction of sp³-hybridized carbons (Fsp3) is 0.216. The van der Waals surface area contributed by atoms with Crippen LogP contribution in [0.1, 0.15) is 62.4 Å². The number of carbonyl (C=O) groups excluding carboxylic acids is 3. The number of rotatable bonds is 6. The Balaban J connectivity index is 1.37. The minimum absolute atomic E-state index is 0.0827. The van der Waals surface area contributed by atoms with Gasteiger partial charge in [-0.15, -0.1) is 0 Å². The molecule has 4 aromatic rings. The standard InChI is InChI=1S/C37H30N2O5/c1-2-7-22-12-14-24(15-13-22)33(40)31-32(34(41)25-16-17-29-30(20-25)44-21-43-29)39-19-18-23-8-3-4-9-26(23)35(39)37(31)27-10-5-6-11-28(27)38-36(37)42/h3-6,8-20,31-32,35H,2,7,21H2,1H3,(H,38,42)/t31-,32+,35+,37+/m0/s1. The molecule has 218 valence electrons. The minimum atomic E-state index is -1.37. The molecule has 1 spiro atoms. The zero-order chi connectivity index (χ0) is 30.0. The number of amides is 1. The van der Waals surface area contributed by atoms with Crippen LogP contribution in [0.25, 0.3) is 6.08 Å². The number of carbonyl (C=O) groups is 3. The first-order valence-electron chi connectivity index (χ1n) is 15.0. The van der Waals surface area contributed by atoms with Gasteiger partial charge in [-0.25, -0.2) is 0 Å². The van der Waals surface area contributed by atoms with Crippen LogP contribution in [0.4, 0.5) is 5.69 Å². The van der Waals surface area contributed by atoms with E-state index in [2.05, 4.69) is 12.2 Å². The average molecular weight is 583 g/mol. The predicted octanol–water partition coefficient (Wildman–Crippen LogP) is 6.35. The summed E-state index contributed by atoms with van der Waals surface area (Å²) in [7, 11) is 0. The molecule has 4 aliphatic rings. The summed E-state index contributed by atoms with van der Waals surface area (Å²) in [5.41, 5.74) is 3.89. The number of anilines is 1. The largest absolute Gasteiger partial charge is 0.454 e. The van der Waals surface area contributed by atoms with Gasteiger partial charge in [0, 0.05) is 23.0 Å². The van der Waals surface area contributed by atoms with Gasteiger partial charge in [0.2, 0.25) is 12.7 Å². The molecule has 1 amide bonds. The number of hydrogen-bond acceptors (Lipinski definition) is 6. The van der Waals surface area contributed by atoms with Crippen molar-refractivity contribution in [3.05, 3.63) is 131 Å². The van der Waals surface area contributed by atoms with Crippen molar-refractivity contribution < 1.29 is 23.9 Å². The lowest BCUT2D eigenvalue weighted by molar-refractivity contribution is -0.122. The predicted molar refractivity (Wildman–Crippen MR) is 166 cm³/mol. The molecule has 7 heteroatoms. The summed E-state index contributed by atoms with van der Waals surface area (Å²) >= 11 is 0. The third-order valence-electron chi connectivity index (χ3n) is 9.56. The van der Waals surface area contributed by atoms with Crippen LogP contribution in [-0.2, 0) is 16.6 Å². The summed E-state index contributed by atoms with van der Waals surface area (Å²) in [6.07, 6.45) is 5.74. The number of hydrogen-bond donors (Lipinski definition) is 1. The molecule has 4 heterocycles. The van der Waals surface area contributed by atoms with Crippen LogP contribution in [0.2, 0.25) is 0 Å². The molecule has 0 unspecified atom stereocenters. The molecule has 1 saturated heterocycles. The van der Waals surface area contributed by atoms with Gasteiger partial charge in [0.1, 0.15) is 11.5 Å². The Morgan fingerprint density at radius 3 is 2.48 bits per heavy atom. The molecule has 4 atom stereocenters. The molecule has 4 aromatic carbocycles. The zero-order valence-corrected chi connectivity index (χ0v) is 24.2. The first-order chi connectivity index (χ1) is 21.5. The van der Waals surface area contributed by atoms with Crippen molar-refractivity contribution in [3.8, 4) is 11.5 Å². The van der Waals surface area contributed by atoms with E-state index in [9.17, 15) is 14.4 Å². The number of Topliss-reactive ketones (excluding diaryl/α,β-unsaturated/α-hetero) is 2. The monoisotopic (exact) mass is 582 g/mol. The van der Waals surface area contributed by atoms with Gasteiger partial charge in [0.05, 0.1) is 12.0 Å². The summed E-state index contributed by atoms with van der Waals surface area (Å²) in [6, 6.07) is 26.6. The lowest BCUT2D eigenvalue weighted by atomic mass is 9.62. The number of nitrogens with zero attached hydrogens (tertiary/aromatic N) is 1. The highest BCUT2D eigenvalue weighted by atomic mass is 16.7. The second-order valence-corrected chi connectivity index (χ2v) is 11.8. The molecule has 8 rings (SSSR count). The molecule has 0 saturated carbocycles. The van der Waals surface area contributed by atoms with Crippen LogP contribution in [0.3, 0.4) is 0 Å². The molecular formula is C37H30N2O5. The molecule has 4 aliphatic heterocycles. The Hall–Kier alpha value is -5.17. The van der Waals surface area contributed by atoms with E-state index in [1.165, 1.54) is 0 Å². The number of ketones is 2. The fourth-order valence-electron chi connectivity index (χ4n) is 7.69. The highest BCUT2D eigenvalue weighted by molar-refractivity contribution is 6.16. The maximum absolute atomic E-state index is 15.0. The summed E-state index contributed by atoms with van der Waals surface area (Å²) in [5.74, 6) is -0.745. The summed E-state index contributed by atoms with van der Waals surface area (Å²) < 4.78 is 11.1. The van der Waals surface area contributed by atoms with E-state index in [4.69, 9.17) is 9.47 Å². The van der Waals surface area contributed by atoms with Crippen LogP contribution in [0, 0.1) is 5.92 Å². The van der Waals surface area contributed by atoms with E-state index in [-0.39, 0.29) is 24.3 Å². The fourth-order valence-corrected chi connectivity index (χ4v) is 7.69. The Morgan fingerprint density at radius 1 is 0.886 bits per heavy atom. The third-order valence-corrected chi connectivity index (χ3v) is 9.56. The second kappa shape index (κ2) is 9.95. The van der Waals surface area contributed by atoms with Crippen molar-refractivity contribution in [2.24, 2.45) is 5.92 Å². The molecule has 44 heavy (non-hydrogen) atoms. The first-order valence-corrected chi connectivity index (χ1v) is 15.0. The number of fused-ring (bicyclic) bond motifs is 7. The number of para-hydroxylation sites is 1. The number of benzene rings is 4. The van der Waals surface area contributed by atoms with Crippen LogP contribution in [0.5, 0.6) is 11.5 Å². The van der Waals surface area contributed by atoms with E-state index in [1.807, 2.05) is 90.0 Å². The smallest absolute Gasteiger partial charge is 0.238 e. The molecule has 0 aromatic heterocycles.